The van der Waals surface area contributed by atoms with Crippen molar-refractivity contribution in [1.29, 1.82) is 0 Å². The Bertz CT molecular complexity index is 1200. The fraction of sp³-hybridized carbons (Fsp3) is 0.455. The number of rotatable bonds is 9. The van der Waals surface area contributed by atoms with E-state index in [-0.39, 0.29) is 26.3 Å². The van der Waals surface area contributed by atoms with Gasteiger partial charge in [-0.05, 0) is 31.0 Å². The summed E-state index contributed by atoms with van der Waals surface area (Å²) in [6.45, 7) is 1.64. The summed E-state index contributed by atoms with van der Waals surface area (Å²) in [7, 11) is -3.76. The third-order valence-corrected chi connectivity index (χ3v) is 8.50. The molecule has 1 spiro atoms. The number of piperazine rings is 1. The predicted molar refractivity (Wildman–Crippen MR) is 124 cm³/mol. The molecule has 3 aromatic rings. The van der Waals surface area contributed by atoms with Gasteiger partial charge in [-0.2, -0.15) is 17.0 Å². The number of aromatic amines is 1. The molecule has 1 aliphatic carbocycles. The zero-order valence-corrected chi connectivity index (χ0v) is 19.1. The Kier molecular flexibility index (Phi) is 5.95. The Labute approximate surface area is 193 Å². The molecule has 5 rings (SSSR count). The lowest BCUT2D eigenvalue weighted by Gasteiger charge is -2.43. The Balaban J connectivity index is 1.31. The summed E-state index contributed by atoms with van der Waals surface area (Å²) in [6, 6.07) is 11.2. The second-order valence-electron chi connectivity index (χ2n) is 8.45. The molecule has 0 unspecified atom stereocenters. The van der Waals surface area contributed by atoms with Crippen molar-refractivity contribution in [2.45, 2.75) is 18.4 Å². The number of ether oxygens (including phenoxy) is 1. The summed E-state index contributed by atoms with van der Waals surface area (Å²) in [5.41, 5.74) is 0.325. The molecule has 2 N–H and O–H groups in total. The first-order valence-electron chi connectivity index (χ1n) is 11.1. The van der Waals surface area contributed by atoms with E-state index < -0.39 is 15.7 Å². The van der Waals surface area contributed by atoms with E-state index in [1.54, 1.807) is 4.31 Å². The highest BCUT2D eigenvalue weighted by Gasteiger charge is 2.57. The molecule has 1 aromatic carbocycles. The first-order valence-corrected chi connectivity index (χ1v) is 12.5. The maximum atomic E-state index is 13.6. The molecule has 176 valence electrons. The first-order chi connectivity index (χ1) is 16.0. The molecule has 1 saturated heterocycles. The molecule has 3 heterocycles. The van der Waals surface area contributed by atoms with Crippen LogP contribution >= 0.6 is 0 Å². The number of para-hydroxylation sites is 1. The van der Waals surface area contributed by atoms with E-state index in [1.807, 2.05) is 42.6 Å². The van der Waals surface area contributed by atoms with E-state index in [0.717, 1.165) is 29.7 Å². The van der Waals surface area contributed by atoms with Gasteiger partial charge in [-0.15, -0.1) is 0 Å². The highest BCUT2D eigenvalue weighted by molar-refractivity contribution is 7.86. The molecule has 10 nitrogen and oxygen atoms in total. The van der Waals surface area contributed by atoms with Crippen molar-refractivity contribution in [3.8, 4) is 5.75 Å². The summed E-state index contributed by atoms with van der Waals surface area (Å²) in [5.74, 6) is 1.51. The van der Waals surface area contributed by atoms with Crippen LogP contribution < -0.4 is 9.64 Å². The van der Waals surface area contributed by atoms with Gasteiger partial charge >= 0.3 is 0 Å². The minimum atomic E-state index is -3.76. The van der Waals surface area contributed by atoms with E-state index in [1.165, 1.54) is 10.6 Å². The number of anilines is 1. The Morgan fingerprint density at radius 3 is 2.70 bits per heavy atom. The Hall–Kier alpha value is -2.73. The summed E-state index contributed by atoms with van der Waals surface area (Å²) in [4.78, 5) is 14.0. The number of hydrogen-bond donors (Lipinski definition) is 2. The van der Waals surface area contributed by atoms with Crippen molar-refractivity contribution in [1.82, 2.24) is 23.6 Å². The van der Waals surface area contributed by atoms with Crippen molar-refractivity contribution in [3.63, 3.8) is 0 Å². The van der Waals surface area contributed by atoms with Crippen molar-refractivity contribution in [3.05, 3.63) is 48.9 Å². The third kappa shape index (κ3) is 4.29. The molecule has 11 heteroatoms. The van der Waals surface area contributed by atoms with E-state index >= 15 is 0 Å². The number of nitrogens with one attached hydrogen (secondary N) is 1. The molecular weight excluding hydrogens is 444 g/mol. The van der Waals surface area contributed by atoms with Crippen LogP contribution in [0.4, 0.5) is 5.82 Å². The smallest absolute Gasteiger partial charge is 0.282 e. The third-order valence-electron chi connectivity index (χ3n) is 6.35. The summed E-state index contributed by atoms with van der Waals surface area (Å²) >= 11 is 0. The highest BCUT2D eigenvalue weighted by atomic mass is 32.2. The Morgan fingerprint density at radius 1 is 1.12 bits per heavy atom. The zero-order chi connectivity index (χ0) is 22.9. The molecule has 1 saturated carbocycles. The number of nitrogens with zero attached hydrogens (tertiary/aromatic N) is 5. The second kappa shape index (κ2) is 8.90. The van der Waals surface area contributed by atoms with Crippen molar-refractivity contribution < 1.29 is 18.3 Å². The SMILES string of the molecule is O=S(=O)(N(CCO)CCOc1ccccc1)N1CCN(c2ncnc3[nH]ccc23)CC12CC2. The lowest BCUT2D eigenvalue weighted by atomic mass is 10.2. The number of aliphatic hydroxyl groups is 1. The first kappa shape index (κ1) is 22.1. The fourth-order valence-corrected chi connectivity index (χ4v) is 6.48. The van der Waals surface area contributed by atoms with E-state index in [4.69, 9.17) is 4.74 Å². The van der Waals surface area contributed by atoms with Crippen LogP contribution in [0.15, 0.2) is 48.9 Å². The van der Waals surface area contributed by atoms with Crippen molar-refractivity contribution in [2.24, 2.45) is 0 Å². The van der Waals surface area contributed by atoms with Gasteiger partial charge in [0.1, 0.15) is 30.1 Å². The van der Waals surface area contributed by atoms with Gasteiger partial charge in [0.2, 0.25) is 0 Å². The topological polar surface area (TPSA) is 115 Å². The number of benzene rings is 1. The number of fused-ring (bicyclic) bond motifs is 1. The monoisotopic (exact) mass is 472 g/mol. The Morgan fingerprint density at radius 2 is 1.94 bits per heavy atom. The number of hydrogen-bond acceptors (Lipinski definition) is 7. The summed E-state index contributed by atoms with van der Waals surface area (Å²) < 4.78 is 35.9. The molecule has 33 heavy (non-hydrogen) atoms. The highest BCUT2D eigenvalue weighted by Crippen LogP contribution is 2.47. The maximum absolute atomic E-state index is 13.6. The van der Waals surface area contributed by atoms with Crippen LogP contribution in [-0.2, 0) is 10.2 Å². The minimum absolute atomic E-state index is 0.0344. The molecule has 2 aromatic heterocycles. The molecule has 2 aliphatic rings. The van der Waals surface area contributed by atoms with Crippen LogP contribution in [0.5, 0.6) is 5.75 Å². The van der Waals surface area contributed by atoms with Gasteiger partial charge in [0.15, 0.2) is 0 Å². The van der Waals surface area contributed by atoms with E-state index in [2.05, 4.69) is 19.9 Å². The summed E-state index contributed by atoms with van der Waals surface area (Å²) in [5, 5.41) is 10.5. The quantitative estimate of drug-likeness (QED) is 0.481. The molecule has 0 radical (unpaired) electrons. The van der Waals surface area contributed by atoms with Gasteiger partial charge in [0, 0.05) is 38.9 Å². The number of aliphatic hydroxyl groups excluding tert-OH is 1. The van der Waals surface area contributed by atoms with E-state index in [0.29, 0.717) is 25.4 Å². The van der Waals surface area contributed by atoms with Crippen LogP contribution in [-0.4, -0.2) is 88.6 Å². The number of H-pyrrole nitrogens is 1. The van der Waals surface area contributed by atoms with Gasteiger partial charge in [-0.3, -0.25) is 0 Å². The van der Waals surface area contributed by atoms with Crippen LogP contribution in [0.2, 0.25) is 0 Å². The van der Waals surface area contributed by atoms with E-state index in [9.17, 15) is 13.5 Å². The standard InChI is InChI=1S/C22H28N6O4S/c29-14-12-27(13-15-32-18-4-2-1-3-5-18)33(30,31)28-11-10-26(16-22(28)7-8-22)21-19-6-9-23-20(19)24-17-25-21/h1-6,9,17,29H,7-8,10-16H2,(H,23,24,25). The van der Waals surface area contributed by atoms with Gasteiger partial charge in [0.25, 0.3) is 10.2 Å². The van der Waals surface area contributed by atoms with Gasteiger partial charge < -0.3 is 19.7 Å². The maximum Gasteiger partial charge on any atom is 0.282 e. The molecule has 0 bridgehead atoms. The van der Waals surface area contributed by atoms with Crippen molar-refractivity contribution >= 4 is 27.1 Å². The molecular formula is C22H28N6O4S. The lowest BCUT2D eigenvalue weighted by molar-refractivity contribution is 0.200. The van der Waals surface area contributed by atoms with Gasteiger partial charge in [-0.25, -0.2) is 9.97 Å². The molecule has 0 amide bonds. The zero-order valence-electron chi connectivity index (χ0n) is 18.3. The average molecular weight is 473 g/mol. The largest absolute Gasteiger partial charge is 0.492 e. The van der Waals surface area contributed by atoms with Crippen LogP contribution in [0, 0.1) is 0 Å². The fourth-order valence-electron chi connectivity index (χ4n) is 4.54. The van der Waals surface area contributed by atoms with Crippen molar-refractivity contribution in [2.75, 3.05) is 50.8 Å². The lowest BCUT2D eigenvalue weighted by Crippen LogP contribution is -2.60. The average Bonchev–Trinajstić information content (AvgIpc) is 3.39. The minimum Gasteiger partial charge on any atom is -0.492 e. The number of aromatic nitrogens is 3. The van der Waals surface area contributed by atoms with Crippen LogP contribution in [0.25, 0.3) is 11.0 Å². The molecule has 1 aliphatic heterocycles. The normalized spacial score (nSPS) is 18.3. The predicted octanol–water partition coefficient (Wildman–Crippen LogP) is 1.23. The second-order valence-corrected chi connectivity index (χ2v) is 10.3. The molecule has 2 fully saturated rings. The van der Waals surface area contributed by atoms with Gasteiger partial charge in [0.05, 0.1) is 17.5 Å². The van der Waals surface area contributed by atoms with Crippen LogP contribution in [0.1, 0.15) is 12.8 Å². The summed E-state index contributed by atoms with van der Waals surface area (Å²) in [6.07, 6.45) is 4.97. The van der Waals surface area contributed by atoms with Gasteiger partial charge in [-0.1, -0.05) is 18.2 Å². The van der Waals surface area contributed by atoms with Crippen LogP contribution in [0.3, 0.4) is 0 Å². The molecule has 0 atom stereocenters.